The maximum absolute atomic E-state index is 12.7. The molecule has 0 unspecified atom stereocenters. The third-order valence-corrected chi connectivity index (χ3v) is 5.21. The number of hydrogen-bond donors (Lipinski definition) is 0. The summed E-state index contributed by atoms with van der Waals surface area (Å²) in [5.74, 6) is -0.309. The zero-order valence-electron chi connectivity index (χ0n) is 13.9. The average molecular weight is 372 g/mol. The molecule has 0 bridgehead atoms. The Morgan fingerprint density at radius 3 is 2.48 bits per heavy atom. The van der Waals surface area contributed by atoms with E-state index in [1.54, 1.807) is 12.1 Å². The van der Waals surface area contributed by atoms with Crippen LogP contribution < -0.4 is 4.90 Å². The second-order valence-electron chi connectivity index (χ2n) is 5.81. The molecule has 25 heavy (non-hydrogen) atoms. The first-order chi connectivity index (χ1) is 12.1. The van der Waals surface area contributed by atoms with Crippen LogP contribution in [0.3, 0.4) is 0 Å². The topological polar surface area (TPSA) is 37.4 Å². The van der Waals surface area contributed by atoms with Gasteiger partial charge in [0.15, 0.2) is 0 Å². The molecule has 0 N–H and O–H groups in total. The molecule has 3 rings (SSSR count). The molecule has 2 amide bonds. The maximum Gasteiger partial charge on any atom is 0.298 e. The van der Waals surface area contributed by atoms with Gasteiger partial charge in [-0.3, -0.25) is 9.59 Å². The maximum atomic E-state index is 12.7. The van der Waals surface area contributed by atoms with Crippen molar-refractivity contribution in [3.63, 3.8) is 0 Å². The summed E-state index contributed by atoms with van der Waals surface area (Å²) < 4.78 is 0. The van der Waals surface area contributed by atoms with Crippen LogP contribution in [0.2, 0.25) is 5.02 Å². The molecule has 0 aliphatic carbocycles. The Hall–Kier alpha value is -2.04. The van der Waals surface area contributed by atoms with Gasteiger partial charge in [0.05, 0.1) is 10.6 Å². The van der Waals surface area contributed by atoms with Crippen molar-refractivity contribution in [2.24, 2.45) is 0 Å². The largest absolute Gasteiger partial charge is 0.298 e. The molecular weight excluding hydrogens is 354 g/mol. The fraction of sp³-hybridized carbons (Fsp3) is 0.200. The van der Waals surface area contributed by atoms with Crippen LogP contribution in [0.4, 0.5) is 10.5 Å². The summed E-state index contributed by atoms with van der Waals surface area (Å²) in [5.41, 5.74) is 2.54. The summed E-state index contributed by atoms with van der Waals surface area (Å²) in [6, 6.07) is 14.9. The Balaban J connectivity index is 1.83. The molecule has 0 aromatic heterocycles. The Morgan fingerprint density at radius 2 is 1.80 bits per heavy atom. The highest BCUT2D eigenvalue weighted by Gasteiger charge is 2.36. The molecule has 1 fully saturated rings. The Kier molecular flexibility index (Phi) is 5.61. The van der Waals surface area contributed by atoms with Crippen molar-refractivity contribution < 1.29 is 9.59 Å². The number of imide groups is 1. The number of unbranched alkanes of at least 4 members (excludes halogenated alkanes) is 1. The number of carbonyl (C=O) groups excluding carboxylic acids is 2. The lowest BCUT2D eigenvalue weighted by Crippen LogP contribution is -2.27. The highest BCUT2D eigenvalue weighted by atomic mass is 35.5. The summed E-state index contributed by atoms with van der Waals surface area (Å²) in [5, 5.41) is 0.263. The van der Waals surface area contributed by atoms with Crippen molar-refractivity contribution in [2.75, 3.05) is 4.90 Å². The molecule has 1 aliphatic heterocycles. The lowest BCUT2D eigenvalue weighted by atomic mass is 10.1. The number of amides is 2. The number of hydrogen-bond acceptors (Lipinski definition) is 3. The third-order valence-electron chi connectivity index (χ3n) is 4.00. The SMILES string of the molecule is CCCCc1ccc(N2C(=O)S/C(=C\c3ccccc3Cl)C2=O)cc1. The molecular formula is C20H18ClNO2S. The van der Waals surface area contributed by atoms with Gasteiger partial charge in [-0.05, 0) is 60.0 Å². The van der Waals surface area contributed by atoms with Crippen LogP contribution in [0.1, 0.15) is 30.9 Å². The third kappa shape index (κ3) is 3.97. The van der Waals surface area contributed by atoms with Gasteiger partial charge in [0.1, 0.15) is 0 Å². The first-order valence-corrected chi connectivity index (χ1v) is 9.41. The van der Waals surface area contributed by atoms with Crippen LogP contribution >= 0.6 is 23.4 Å². The molecule has 2 aromatic rings. The number of nitrogens with zero attached hydrogens (tertiary/aromatic N) is 1. The van der Waals surface area contributed by atoms with E-state index in [9.17, 15) is 9.59 Å². The van der Waals surface area contributed by atoms with Crippen molar-refractivity contribution >= 4 is 46.3 Å². The number of rotatable bonds is 5. The second-order valence-corrected chi connectivity index (χ2v) is 7.21. The smallest absolute Gasteiger partial charge is 0.268 e. The molecule has 128 valence electrons. The fourth-order valence-electron chi connectivity index (χ4n) is 2.62. The van der Waals surface area contributed by atoms with Crippen molar-refractivity contribution in [3.05, 3.63) is 69.6 Å². The molecule has 5 heteroatoms. The van der Waals surface area contributed by atoms with Gasteiger partial charge in [-0.25, -0.2) is 4.90 Å². The predicted molar refractivity (Wildman–Crippen MR) is 105 cm³/mol. The summed E-state index contributed by atoms with van der Waals surface area (Å²) in [6.07, 6.45) is 4.94. The first-order valence-electron chi connectivity index (χ1n) is 8.21. The van der Waals surface area contributed by atoms with E-state index in [4.69, 9.17) is 11.6 Å². The lowest BCUT2D eigenvalue weighted by Gasteiger charge is -2.13. The number of aryl methyl sites for hydroxylation is 1. The summed E-state index contributed by atoms with van der Waals surface area (Å²) >= 11 is 7.07. The minimum absolute atomic E-state index is 0.287. The van der Waals surface area contributed by atoms with Crippen LogP contribution in [0.25, 0.3) is 6.08 Å². The van der Waals surface area contributed by atoms with Crippen molar-refractivity contribution in [1.82, 2.24) is 0 Å². The van der Waals surface area contributed by atoms with Gasteiger partial charge in [-0.2, -0.15) is 0 Å². The molecule has 1 aliphatic rings. The van der Waals surface area contributed by atoms with Gasteiger partial charge < -0.3 is 0 Å². The highest BCUT2D eigenvalue weighted by Crippen LogP contribution is 2.36. The van der Waals surface area contributed by atoms with E-state index in [1.807, 2.05) is 42.5 Å². The standard InChI is InChI=1S/C20H18ClNO2S/c1-2-3-6-14-9-11-16(12-10-14)22-19(23)18(25-20(22)24)13-15-7-4-5-8-17(15)21/h4-5,7-13H,2-3,6H2,1H3/b18-13-. The van der Waals surface area contributed by atoms with E-state index in [2.05, 4.69) is 6.92 Å². The van der Waals surface area contributed by atoms with E-state index < -0.39 is 0 Å². The van der Waals surface area contributed by atoms with Crippen molar-refractivity contribution in [2.45, 2.75) is 26.2 Å². The normalized spacial score (nSPS) is 16.1. The van der Waals surface area contributed by atoms with Gasteiger partial charge in [0.25, 0.3) is 11.1 Å². The first kappa shape index (κ1) is 17.8. The number of halogens is 1. The second kappa shape index (κ2) is 7.89. The van der Waals surface area contributed by atoms with Gasteiger partial charge in [0.2, 0.25) is 0 Å². The minimum Gasteiger partial charge on any atom is -0.268 e. The van der Waals surface area contributed by atoms with Crippen LogP contribution in [-0.4, -0.2) is 11.1 Å². The van der Waals surface area contributed by atoms with Crippen LogP contribution in [-0.2, 0) is 11.2 Å². The summed E-state index contributed by atoms with van der Waals surface area (Å²) in [4.78, 5) is 26.6. The molecule has 0 radical (unpaired) electrons. The van der Waals surface area contributed by atoms with E-state index in [0.717, 1.165) is 36.6 Å². The highest BCUT2D eigenvalue weighted by molar-refractivity contribution is 8.19. The fourth-order valence-corrected chi connectivity index (χ4v) is 3.64. The van der Waals surface area contributed by atoms with Crippen LogP contribution in [0.15, 0.2) is 53.4 Å². The summed E-state index contributed by atoms with van der Waals surface area (Å²) in [7, 11) is 0. The lowest BCUT2D eigenvalue weighted by molar-refractivity contribution is -0.113. The zero-order valence-corrected chi connectivity index (χ0v) is 15.4. The molecule has 3 nitrogen and oxygen atoms in total. The molecule has 0 spiro atoms. The average Bonchev–Trinajstić information content (AvgIpc) is 2.89. The minimum atomic E-state index is -0.309. The molecule has 1 heterocycles. The monoisotopic (exact) mass is 371 g/mol. The van der Waals surface area contributed by atoms with E-state index in [1.165, 1.54) is 10.5 Å². The molecule has 0 saturated carbocycles. The number of carbonyl (C=O) groups is 2. The Morgan fingerprint density at radius 1 is 1.08 bits per heavy atom. The van der Waals surface area contributed by atoms with Gasteiger partial charge in [0, 0.05) is 5.02 Å². The molecule has 2 aromatic carbocycles. The van der Waals surface area contributed by atoms with E-state index in [-0.39, 0.29) is 11.1 Å². The predicted octanol–water partition coefficient (Wildman–Crippen LogP) is 5.92. The zero-order chi connectivity index (χ0) is 17.8. The molecule has 1 saturated heterocycles. The van der Waals surface area contributed by atoms with E-state index in [0.29, 0.717) is 15.6 Å². The number of benzene rings is 2. The van der Waals surface area contributed by atoms with Gasteiger partial charge in [-0.1, -0.05) is 55.3 Å². The Labute approximate surface area is 156 Å². The van der Waals surface area contributed by atoms with Crippen molar-refractivity contribution in [3.8, 4) is 0 Å². The molecule has 0 atom stereocenters. The van der Waals surface area contributed by atoms with Crippen LogP contribution in [0, 0.1) is 0 Å². The van der Waals surface area contributed by atoms with Gasteiger partial charge >= 0.3 is 0 Å². The van der Waals surface area contributed by atoms with E-state index >= 15 is 0 Å². The van der Waals surface area contributed by atoms with Gasteiger partial charge in [-0.15, -0.1) is 0 Å². The summed E-state index contributed by atoms with van der Waals surface area (Å²) in [6.45, 7) is 2.15. The number of thioether (sulfide) groups is 1. The Bertz CT molecular complexity index is 830. The van der Waals surface area contributed by atoms with Crippen molar-refractivity contribution in [1.29, 1.82) is 0 Å². The quantitative estimate of drug-likeness (QED) is 0.612. The van der Waals surface area contributed by atoms with Crippen LogP contribution in [0.5, 0.6) is 0 Å². The number of anilines is 1.